The van der Waals surface area contributed by atoms with E-state index >= 15 is 0 Å². The predicted molar refractivity (Wildman–Crippen MR) is 61.7 cm³/mol. The minimum absolute atomic E-state index is 0.173. The van der Waals surface area contributed by atoms with Crippen molar-refractivity contribution in [2.75, 3.05) is 6.54 Å². The molecule has 15 heavy (non-hydrogen) atoms. The highest BCUT2D eigenvalue weighted by atomic mass is 79.9. The maximum Gasteiger partial charge on any atom is 0.255 e. The van der Waals surface area contributed by atoms with Crippen molar-refractivity contribution in [2.45, 2.75) is 12.5 Å². The predicted octanol–water partition coefficient (Wildman–Crippen LogP) is 2.91. The third kappa shape index (κ3) is 1.26. The molecule has 0 bridgehead atoms. The second kappa shape index (κ2) is 3.20. The molecule has 1 aromatic carbocycles. The van der Waals surface area contributed by atoms with Gasteiger partial charge in [-0.1, -0.05) is 28.1 Å². The van der Waals surface area contributed by atoms with Gasteiger partial charge in [0, 0.05) is 16.6 Å². The van der Waals surface area contributed by atoms with Crippen LogP contribution in [0.4, 0.5) is 0 Å². The lowest BCUT2D eigenvalue weighted by molar-refractivity contribution is 0.0741. The highest BCUT2D eigenvalue weighted by Gasteiger charge is 2.36. The molecule has 2 aliphatic heterocycles. The molecular formula is C12H10BrNO. The van der Waals surface area contributed by atoms with E-state index in [9.17, 15) is 4.79 Å². The molecule has 0 saturated carbocycles. The van der Waals surface area contributed by atoms with Crippen LogP contribution in [-0.4, -0.2) is 17.4 Å². The molecule has 76 valence electrons. The molecule has 1 amide bonds. The lowest BCUT2D eigenvalue weighted by Gasteiger charge is -2.26. The first-order chi connectivity index (χ1) is 7.27. The van der Waals surface area contributed by atoms with Crippen molar-refractivity contribution in [1.29, 1.82) is 0 Å². The number of nitrogens with zero attached hydrogens (tertiary/aromatic N) is 1. The van der Waals surface area contributed by atoms with Crippen molar-refractivity contribution in [1.82, 2.24) is 4.90 Å². The minimum atomic E-state index is 0.173. The number of carbonyl (C=O) groups excluding carboxylic acids is 1. The van der Waals surface area contributed by atoms with Gasteiger partial charge in [-0.15, -0.1) is 0 Å². The van der Waals surface area contributed by atoms with Crippen molar-refractivity contribution in [2.24, 2.45) is 0 Å². The van der Waals surface area contributed by atoms with Gasteiger partial charge in [0.1, 0.15) is 0 Å². The Bertz CT molecular complexity index is 467. The van der Waals surface area contributed by atoms with Crippen molar-refractivity contribution >= 4 is 21.8 Å². The quantitative estimate of drug-likeness (QED) is 0.660. The lowest BCUT2D eigenvalue weighted by atomic mass is 10.0. The lowest BCUT2D eigenvalue weighted by Crippen LogP contribution is -2.29. The fraction of sp³-hybridized carbons (Fsp3) is 0.250. The standard InChI is InChI=1S/C12H10BrNO/c13-8-4-5-9-10(7-8)11-3-1-2-6-14(11)12(9)15/h1-2,4-5,7,11H,3,6H2. The van der Waals surface area contributed by atoms with Crippen LogP contribution in [0.2, 0.25) is 0 Å². The van der Waals surface area contributed by atoms with Crippen LogP contribution in [0.25, 0.3) is 0 Å². The van der Waals surface area contributed by atoms with Gasteiger partial charge in [-0.05, 0) is 30.2 Å². The SMILES string of the molecule is O=C1c2ccc(Br)cc2C2CC=CCN12. The van der Waals surface area contributed by atoms with Crippen molar-refractivity contribution in [3.8, 4) is 0 Å². The summed E-state index contributed by atoms with van der Waals surface area (Å²) in [5.74, 6) is 0.173. The summed E-state index contributed by atoms with van der Waals surface area (Å²) in [5, 5.41) is 0. The van der Waals surface area contributed by atoms with Crippen LogP contribution in [0.5, 0.6) is 0 Å². The second-order valence-corrected chi connectivity index (χ2v) is 4.83. The Morgan fingerprint density at radius 2 is 2.20 bits per heavy atom. The van der Waals surface area contributed by atoms with Crippen LogP contribution in [0.3, 0.4) is 0 Å². The van der Waals surface area contributed by atoms with E-state index in [1.165, 1.54) is 5.56 Å². The first kappa shape index (κ1) is 9.16. The van der Waals surface area contributed by atoms with Crippen LogP contribution in [0, 0.1) is 0 Å². The normalized spacial score (nSPS) is 22.9. The zero-order valence-corrected chi connectivity index (χ0v) is 9.70. The molecule has 3 rings (SSSR count). The van der Waals surface area contributed by atoms with Crippen molar-refractivity contribution < 1.29 is 4.79 Å². The zero-order valence-electron chi connectivity index (χ0n) is 8.11. The Morgan fingerprint density at radius 3 is 3.07 bits per heavy atom. The molecule has 0 aromatic heterocycles. The molecule has 0 radical (unpaired) electrons. The highest BCUT2D eigenvalue weighted by molar-refractivity contribution is 9.10. The second-order valence-electron chi connectivity index (χ2n) is 3.91. The summed E-state index contributed by atoms with van der Waals surface area (Å²) in [4.78, 5) is 14.0. The van der Waals surface area contributed by atoms with Crippen molar-refractivity contribution in [3.63, 3.8) is 0 Å². The number of fused-ring (bicyclic) bond motifs is 3. The van der Waals surface area contributed by atoms with Gasteiger partial charge in [0.25, 0.3) is 5.91 Å². The molecule has 0 N–H and O–H groups in total. The summed E-state index contributed by atoms with van der Waals surface area (Å²) in [6.45, 7) is 0.746. The fourth-order valence-corrected chi connectivity index (χ4v) is 2.72. The molecule has 1 aromatic rings. The van der Waals surface area contributed by atoms with Crippen LogP contribution in [-0.2, 0) is 0 Å². The largest absolute Gasteiger partial charge is 0.328 e. The number of rotatable bonds is 0. The third-order valence-corrected chi connectivity index (χ3v) is 3.56. The van der Waals surface area contributed by atoms with Gasteiger partial charge in [0.2, 0.25) is 0 Å². The van der Waals surface area contributed by atoms with E-state index in [2.05, 4.69) is 34.1 Å². The molecule has 2 aliphatic rings. The number of amides is 1. The van der Waals surface area contributed by atoms with Crippen LogP contribution >= 0.6 is 15.9 Å². The Balaban J connectivity index is 2.15. The van der Waals surface area contributed by atoms with Crippen LogP contribution in [0.15, 0.2) is 34.8 Å². The molecular weight excluding hydrogens is 254 g/mol. The van der Waals surface area contributed by atoms with Crippen LogP contribution in [0.1, 0.15) is 28.4 Å². The van der Waals surface area contributed by atoms with Crippen molar-refractivity contribution in [3.05, 3.63) is 46.0 Å². The molecule has 0 saturated heterocycles. The number of halogens is 1. The molecule has 1 atom stereocenters. The average Bonchev–Trinajstić information content (AvgIpc) is 2.54. The maximum atomic E-state index is 12.0. The van der Waals surface area contributed by atoms with Gasteiger partial charge in [-0.25, -0.2) is 0 Å². The molecule has 1 unspecified atom stereocenters. The number of hydrogen-bond acceptors (Lipinski definition) is 1. The van der Waals surface area contributed by atoms with E-state index < -0.39 is 0 Å². The van der Waals surface area contributed by atoms with Gasteiger partial charge in [-0.2, -0.15) is 0 Å². The summed E-state index contributed by atoms with van der Waals surface area (Å²) in [6.07, 6.45) is 5.16. The maximum absolute atomic E-state index is 12.0. The first-order valence-electron chi connectivity index (χ1n) is 5.03. The topological polar surface area (TPSA) is 20.3 Å². The number of benzene rings is 1. The highest BCUT2D eigenvalue weighted by Crippen LogP contribution is 2.38. The summed E-state index contributed by atoms with van der Waals surface area (Å²) in [5.41, 5.74) is 2.03. The summed E-state index contributed by atoms with van der Waals surface area (Å²) in [7, 11) is 0. The van der Waals surface area contributed by atoms with Gasteiger partial charge in [-0.3, -0.25) is 4.79 Å². The van der Waals surface area contributed by atoms with E-state index in [1.807, 2.05) is 17.0 Å². The van der Waals surface area contributed by atoms with E-state index in [0.29, 0.717) is 0 Å². The molecule has 0 fully saturated rings. The summed E-state index contributed by atoms with van der Waals surface area (Å²) in [6, 6.07) is 6.18. The van der Waals surface area contributed by atoms with Gasteiger partial charge < -0.3 is 4.90 Å². The minimum Gasteiger partial charge on any atom is -0.328 e. The molecule has 3 heteroatoms. The molecule has 0 aliphatic carbocycles. The Morgan fingerprint density at radius 1 is 1.33 bits per heavy atom. The fourth-order valence-electron chi connectivity index (χ4n) is 2.35. The molecule has 2 nitrogen and oxygen atoms in total. The third-order valence-electron chi connectivity index (χ3n) is 3.07. The van der Waals surface area contributed by atoms with Gasteiger partial charge in [0.15, 0.2) is 0 Å². The monoisotopic (exact) mass is 263 g/mol. The molecule has 2 heterocycles. The zero-order chi connectivity index (χ0) is 10.4. The number of carbonyl (C=O) groups is 1. The van der Waals surface area contributed by atoms with E-state index in [0.717, 1.165) is 23.0 Å². The number of hydrogen-bond donors (Lipinski definition) is 0. The Hall–Kier alpha value is -1.09. The Labute approximate surface area is 96.7 Å². The summed E-state index contributed by atoms with van der Waals surface area (Å²) >= 11 is 3.45. The van der Waals surface area contributed by atoms with E-state index in [-0.39, 0.29) is 11.9 Å². The van der Waals surface area contributed by atoms with Gasteiger partial charge in [0.05, 0.1) is 6.04 Å². The smallest absolute Gasteiger partial charge is 0.255 e. The first-order valence-corrected chi connectivity index (χ1v) is 5.82. The average molecular weight is 264 g/mol. The van der Waals surface area contributed by atoms with Crippen LogP contribution < -0.4 is 0 Å². The van der Waals surface area contributed by atoms with E-state index in [1.54, 1.807) is 0 Å². The summed E-state index contributed by atoms with van der Waals surface area (Å²) < 4.78 is 1.05. The molecule has 0 spiro atoms. The van der Waals surface area contributed by atoms with Gasteiger partial charge >= 0.3 is 0 Å². The Kier molecular flexibility index (Phi) is 1.96. The van der Waals surface area contributed by atoms with E-state index in [4.69, 9.17) is 0 Å².